The maximum atomic E-state index is 12.4. The summed E-state index contributed by atoms with van der Waals surface area (Å²) >= 11 is 0. The summed E-state index contributed by atoms with van der Waals surface area (Å²) < 4.78 is 6.44. The fourth-order valence-electron chi connectivity index (χ4n) is 3.57. The van der Waals surface area contributed by atoms with Gasteiger partial charge in [0.05, 0.1) is 25.4 Å². The van der Waals surface area contributed by atoms with Gasteiger partial charge in [-0.05, 0) is 31.9 Å². The van der Waals surface area contributed by atoms with Crippen LogP contribution >= 0.6 is 0 Å². The highest BCUT2D eigenvalue weighted by molar-refractivity contribution is 5.82. The SMILES string of the molecule is Cc1cc(C)c(-n2c(O)c(C=NCCN3CCOCC3)c(=O)[nH]c2=O)c(C)c1. The molecule has 8 nitrogen and oxygen atoms in total. The number of nitrogens with zero attached hydrogens (tertiary/aromatic N) is 3. The van der Waals surface area contributed by atoms with Crippen molar-refractivity contribution in [2.24, 2.45) is 4.99 Å². The molecule has 150 valence electrons. The van der Waals surface area contributed by atoms with Crippen molar-refractivity contribution in [1.29, 1.82) is 0 Å². The minimum absolute atomic E-state index is 0.0269. The van der Waals surface area contributed by atoms with E-state index in [0.717, 1.165) is 40.9 Å². The first-order valence-electron chi connectivity index (χ1n) is 9.35. The van der Waals surface area contributed by atoms with Crippen molar-refractivity contribution in [3.63, 3.8) is 0 Å². The topological polar surface area (TPSA) is 99.9 Å². The van der Waals surface area contributed by atoms with Crippen LogP contribution in [0.2, 0.25) is 0 Å². The third kappa shape index (κ3) is 4.23. The van der Waals surface area contributed by atoms with Gasteiger partial charge in [-0.3, -0.25) is 19.7 Å². The van der Waals surface area contributed by atoms with Crippen molar-refractivity contribution in [1.82, 2.24) is 14.5 Å². The molecular weight excluding hydrogens is 360 g/mol. The summed E-state index contributed by atoms with van der Waals surface area (Å²) in [4.78, 5) is 33.4. The Morgan fingerprint density at radius 1 is 1.18 bits per heavy atom. The van der Waals surface area contributed by atoms with Crippen molar-refractivity contribution in [2.45, 2.75) is 20.8 Å². The second kappa shape index (κ2) is 8.53. The van der Waals surface area contributed by atoms with E-state index in [9.17, 15) is 14.7 Å². The lowest BCUT2D eigenvalue weighted by Gasteiger charge is -2.25. The maximum absolute atomic E-state index is 12.4. The molecule has 1 saturated heterocycles. The Morgan fingerprint density at radius 3 is 2.46 bits per heavy atom. The van der Waals surface area contributed by atoms with Crippen molar-refractivity contribution < 1.29 is 9.84 Å². The Labute approximate surface area is 163 Å². The van der Waals surface area contributed by atoms with Crippen LogP contribution in [0.3, 0.4) is 0 Å². The summed E-state index contributed by atoms with van der Waals surface area (Å²) in [5, 5.41) is 10.7. The predicted molar refractivity (Wildman–Crippen MR) is 108 cm³/mol. The summed E-state index contributed by atoms with van der Waals surface area (Å²) in [5.74, 6) is -0.404. The molecule has 2 N–H and O–H groups in total. The first-order valence-corrected chi connectivity index (χ1v) is 9.35. The van der Waals surface area contributed by atoms with Gasteiger partial charge >= 0.3 is 5.69 Å². The second-order valence-electron chi connectivity index (χ2n) is 7.07. The summed E-state index contributed by atoms with van der Waals surface area (Å²) in [6, 6.07) is 3.85. The molecule has 0 atom stereocenters. The zero-order valence-electron chi connectivity index (χ0n) is 16.5. The van der Waals surface area contributed by atoms with Gasteiger partial charge in [0.1, 0.15) is 5.56 Å². The number of aromatic amines is 1. The summed E-state index contributed by atoms with van der Waals surface area (Å²) in [6.45, 7) is 10.1. The molecule has 0 aliphatic carbocycles. The molecule has 28 heavy (non-hydrogen) atoms. The van der Waals surface area contributed by atoms with Gasteiger partial charge in [0.15, 0.2) is 0 Å². The first-order chi connectivity index (χ1) is 13.4. The van der Waals surface area contributed by atoms with E-state index in [-0.39, 0.29) is 5.56 Å². The van der Waals surface area contributed by atoms with E-state index in [1.807, 2.05) is 32.9 Å². The monoisotopic (exact) mass is 386 g/mol. The van der Waals surface area contributed by atoms with E-state index >= 15 is 0 Å². The zero-order valence-corrected chi connectivity index (χ0v) is 16.5. The van der Waals surface area contributed by atoms with Crippen LogP contribution in [0, 0.1) is 20.8 Å². The highest BCUT2D eigenvalue weighted by Crippen LogP contribution is 2.23. The number of aryl methyl sites for hydroxylation is 3. The van der Waals surface area contributed by atoms with Gasteiger partial charge in [0.2, 0.25) is 5.88 Å². The van der Waals surface area contributed by atoms with Gasteiger partial charge in [0.25, 0.3) is 5.56 Å². The van der Waals surface area contributed by atoms with Gasteiger partial charge in [-0.25, -0.2) is 9.36 Å². The summed E-state index contributed by atoms with van der Waals surface area (Å²) in [6.07, 6.45) is 1.34. The smallest absolute Gasteiger partial charge is 0.335 e. The van der Waals surface area contributed by atoms with Crippen LogP contribution in [-0.4, -0.2) is 65.2 Å². The van der Waals surface area contributed by atoms with Crippen LogP contribution in [-0.2, 0) is 4.74 Å². The molecule has 1 aromatic carbocycles. The predicted octanol–water partition coefficient (Wildman–Crippen LogP) is 0.908. The number of nitrogens with one attached hydrogen (secondary N) is 1. The molecule has 0 radical (unpaired) electrons. The molecule has 3 rings (SSSR count). The fraction of sp³-hybridized carbons (Fsp3) is 0.450. The van der Waals surface area contributed by atoms with Crippen molar-refractivity contribution >= 4 is 6.21 Å². The highest BCUT2D eigenvalue weighted by Gasteiger charge is 2.17. The molecule has 1 fully saturated rings. The quantitative estimate of drug-likeness (QED) is 0.744. The summed E-state index contributed by atoms with van der Waals surface area (Å²) in [7, 11) is 0. The number of aromatic hydroxyl groups is 1. The Balaban J connectivity index is 1.91. The molecule has 1 aliphatic heterocycles. The lowest BCUT2D eigenvalue weighted by molar-refractivity contribution is 0.0395. The van der Waals surface area contributed by atoms with Gasteiger partial charge in [-0.1, -0.05) is 17.7 Å². The van der Waals surface area contributed by atoms with E-state index in [4.69, 9.17) is 4.74 Å². The third-order valence-electron chi connectivity index (χ3n) is 4.85. The minimum Gasteiger partial charge on any atom is -0.493 e. The van der Waals surface area contributed by atoms with E-state index < -0.39 is 17.1 Å². The molecule has 8 heteroatoms. The van der Waals surface area contributed by atoms with Crippen molar-refractivity contribution in [3.8, 4) is 11.6 Å². The number of aromatic nitrogens is 2. The number of hydrogen-bond donors (Lipinski definition) is 2. The average Bonchev–Trinajstić information content (AvgIpc) is 2.63. The van der Waals surface area contributed by atoms with E-state index in [1.54, 1.807) is 0 Å². The Bertz CT molecular complexity index is 977. The number of aliphatic imine (C=N–C) groups is 1. The van der Waals surface area contributed by atoms with Gasteiger partial charge in [-0.2, -0.15) is 0 Å². The number of ether oxygens (including phenoxy) is 1. The molecule has 0 bridgehead atoms. The first kappa shape index (κ1) is 20.0. The molecule has 2 aromatic rings. The molecule has 2 heterocycles. The minimum atomic E-state index is -0.678. The molecule has 0 unspecified atom stereocenters. The van der Waals surface area contributed by atoms with Crippen LogP contribution in [0.4, 0.5) is 0 Å². The highest BCUT2D eigenvalue weighted by atomic mass is 16.5. The number of rotatable bonds is 5. The molecule has 1 aliphatic rings. The lowest BCUT2D eigenvalue weighted by atomic mass is 10.0. The van der Waals surface area contributed by atoms with Gasteiger partial charge in [0, 0.05) is 25.8 Å². The van der Waals surface area contributed by atoms with Gasteiger partial charge < -0.3 is 9.84 Å². The lowest BCUT2D eigenvalue weighted by Crippen LogP contribution is -2.37. The van der Waals surface area contributed by atoms with E-state index in [0.29, 0.717) is 25.4 Å². The maximum Gasteiger partial charge on any atom is 0.335 e. The Kier molecular flexibility index (Phi) is 6.11. The Morgan fingerprint density at radius 2 is 1.82 bits per heavy atom. The molecule has 0 saturated carbocycles. The zero-order chi connectivity index (χ0) is 20.3. The standard InChI is InChI=1S/C20H26N4O4/c1-13-10-14(2)17(15(3)11-13)24-19(26)16(18(25)22-20(24)27)12-21-4-5-23-6-8-28-9-7-23/h10-12,26H,4-9H2,1-3H3,(H,22,25,27). The van der Waals surface area contributed by atoms with Crippen LogP contribution in [0.5, 0.6) is 5.88 Å². The molecule has 0 amide bonds. The largest absolute Gasteiger partial charge is 0.493 e. The normalized spacial score (nSPS) is 15.4. The molecular formula is C20H26N4O4. The fourth-order valence-corrected chi connectivity index (χ4v) is 3.57. The number of benzene rings is 1. The van der Waals surface area contributed by atoms with Crippen molar-refractivity contribution in [3.05, 3.63) is 55.2 Å². The third-order valence-corrected chi connectivity index (χ3v) is 4.85. The Hall–Kier alpha value is -2.71. The van der Waals surface area contributed by atoms with Crippen molar-refractivity contribution in [2.75, 3.05) is 39.4 Å². The second-order valence-corrected chi connectivity index (χ2v) is 7.07. The van der Waals surface area contributed by atoms with Crippen LogP contribution in [0.25, 0.3) is 5.69 Å². The molecule has 1 aromatic heterocycles. The van der Waals surface area contributed by atoms with Crippen LogP contribution < -0.4 is 11.2 Å². The number of hydrogen-bond acceptors (Lipinski definition) is 6. The van der Waals surface area contributed by atoms with E-state index in [2.05, 4.69) is 14.9 Å². The van der Waals surface area contributed by atoms with Crippen LogP contribution in [0.15, 0.2) is 26.7 Å². The van der Waals surface area contributed by atoms with Crippen LogP contribution in [0.1, 0.15) is 22.3 Å². The summed E-state index contributed by atoms with van der Waals surface area (Å²) in [5.41, 5.74) is 1.92. The number of morpholine rings is 1. The van der Waals surface area contributed by atoms with Gasteiger partial charge in [-0.15, -0.1) is 0 Å². The number of H-pyrrole nitrogens is 1. The molecule has 0 spiro atoms. The van der Waals surface area contributed by atoms with E-state index in [1.165, 1.54) is 6.21 Å². The average molecular weight is 386 g/mol.